The lowest BCUT2D eigenvalue weighted by atomic mass is 10.1. The fraction of sp³-hybridized carbons (Fsp3) is 0.250. The van der Waals surface area contributed by atoms with Crippen molar-refractivity contribution >= 4 is 15.9 Å². The fourth-order valence-electron chi connectivity index (χ4n) is 0.942. The van der Waals surface area contributed by atoms with Crippen molar-refractivity contribution in [2.24, 2.45) is 5.73 Å². The third kappa shape index (κ3) is 1.89. The molecule has 1 rings (SSSR count). The van der Waals surface area contributed by atoms with E-state index in [1.54, 1.807) is 0 Å². The van der Waals surface area contributed by atoms with Gasteiger partial charge in [0, 0.05) is 4.47 Å². The van der Waals surface area contributed by atoms with Crippen molar-refractivity contribution in [3.05, 3.63) is 22.2 Å². The van der Waals surface area contributed by atoms with Crippen LogP contribution in [-0.4, -0.2) is 16.8 Å². The van der Waals surface area contributed by atoms with Crippen LogP contribution in [0.25, 0.3) is 0 Å². The number of phenols is 2. The maximum absolute atomic E-state index is 9.14. The van der Waals surface area contributed by atoms with Crippen LogP contribution in [0.5, 0.6) is 11.5 Å². The lowest BCUT2D eigenvalue weighted by Gasteiger charge is -2.04. The molecule has 0 aliphatic rings. The Morgan fingerprint density at radius 3 is 2.42 bits per heavy atom. The first-order chi connectivity index (χ1) is 5.65. The van der Waals surface area contributed by atoms with Crippen molar-refractivity contribution < 1.29 is 10.2 Å². The number of phenolic OH excluding ortho intramolecular Hbond substituents is 2. The molecule has 66 valence electrons. The highest BCUT2D eigenvalue weighted by Gasteiger charge is 2.05. The van der Waals surface area contributed by atoms with Gasteiger partial charge in [-0.25, -0.2) is 0 Å². The van der Waals surface area contributed by atoms with Gasteiger partial charge in [0.05, 0.1) is 0 Å². The molecule has 0 aliphatic carbocycles. The van der Waals surface area contributed by atoms with Crippen LogP contribution >= 0.6 is 15.9 Å². The summed E-state index contributed by atoms with van der Waals surface area (Å²) in [6, 6.07) is 2.96. The molecule has 0 fully saturated rings. The number of rotatable bonds is 2. The number of benzene rings is 1. The lowest BCUT2D eigenvalue weighted by Crippen LogP contribution is -2.03. The number of hydrogen-bond acceptors (Lipinski definition) is 3. The number of nitrogens with two attached hydrogens (primary N) is 1. The van der Waals surface area contributed by atoms with Gasteiger partial charge in [0.1, 0.15) is 0 Å². The Kier molecular flexibility index (Phi) is 2.94. The Morgan fingerprint density at radius 1 is 1.25 bits per heavy atom. The van der Waals surface area contributed by atoms with Crippen LogP contribution in [0.2, 0.25) is 0 Å². The largest absolute Gasteiger partial charge is 0.504 e. The van der Waals surface area contributed by atoms with Gasteiger partial charge in [-0.2, -0.15) is 0 Å². The molecule has 0 unspecified atom stereocenters. The Bertz CT molecular complexity index is 289. The van der Waals surface area contributed by atoms with Gasteiger partial charge < -0.3 is 15.9 Å². The molecule has 1 aromatic rings. The van der Waals surface area contributed by atoms with Crippen molar-refractivity contribution in [3.63, 3.8) is 0 Å². The number of aromatic hydroxyl groups is 2. The molecule has 4 heteroatoms. The molecule has 0 radical (unpaired) electrons. The minimum Gasteiger partial charge on any atom is -0.504 e. The zero-order valence-corrected chi connectivity index (χ0v) is 8.00. The normalized spacial score (nSPS) is 10.2. The average Bonchev–Trinajstić information content (AvgIpc) is 2.01. The maximum atomic E-state index is 9.14. The van der Waals surface area contributed by atoms with E-state index in [9.17, 15) is 0 Å². The standard InChI is InChI=1S/C8H10BrNO2/c9-6-4-8(12)7(11)3-5(6)1-2-10/h3-4,11-12H,1-2,10H2. The molecule has 0 bridgehead atoms. The third-order valence-electron chi connectivity index (χ3n) is 1.56. The van der Waals surface area contributed by atoms with E-state index < -0.39 is 0 Å². The van der Waals surface area contributed by atoms with Crippen LogP contribution in [0.4, 0.5) is 0 Å². The SMILES string of the molecule is NCCc1cc(O)c(O)cc1Br. The van der Waals surface area contributed by atoms with Gasteiger partial charge >= 0.3 is 0 Å². The highest BCUT2D eigenvalue weighted by molar-refractivity contribution is 9.10. The molecular formula is C8H10BrNO2. The molecule has 0 amide bonds. The predicted octanol–water partition coefficient (Wildman–Crippen LogP) is 1.36. The highest BCUT2D eigenvalue weighted by Crippen LogP contribution is 2.31. The lowest BCUT2D eigenvalue weighted by molar-refractivity contribution is 0.403. The van der Waals surface area contributed by atoms with Gasteiger partial charge in [-0.3, -0.25) is 0 Å². The average molecular weight is 232 g/mol. The second-order valence-electron chi connectivity index (χ2n) is 2.47. The monoisotopic (exact) mass is 231 g/mol. The van der Waals surface area contributed by atoms with E-state index in [-0.39, 0.29) is 11.5 Å². The fourth-order valence-corrected chi connectivity index (χ4v) is 1.47. The maximum Gasteiger partial charge on any atom is 0.158 e. The molecule has 0 heterocycles. The first kappa shape index (κ1) is 9.35. The zero-order valence-electron chi connectivity index (χ0n) is 6.42. The van der Waals surface area contributed by atoms with Crippen molar-refractivity contribution in [1.82, 2.24) is 0 Å². The van der Waals surface area contributed by atoms with Crippen LogP contribution in [0.15, 0.2) is 16.6 Å². The zero-order chi connectivity index (χ0) is 9.14. The van der Waals surface area contributed by atoms with Crippen molar-refractivity contribution in [2.75, 3.05) is 6.54 Å². The van der Waals surface area contributed by atoms with Crippen molar-refractivity contribution in [2.45, 2.75) is 6.42 Å². The Hall–Kier alpha value is -0.740. The molecule has 3 nitrogen and oxygen atoms in total. The van der Waals surface area contributed by atoms with Crippen LogP contribution < -0.4 is 5.73 Å². The summed E-state index contributed by atoms with van der Waals surface area (Å²) in [5.41, 5.74) is 6.25. The molecule has 0 atom stereocenters. The van der Waals surface area contributed by atoms with Crippen LogP contribution in [0.3, 0.4) is 0 Å². The molecule has 0 aliphatic heterocycles. The third-order valence-corrected chi connectivity index (χ3v) is 2.30. The van der Waals surface area contributed by atoms with Crippen LogP contribution in [0, 0.1) is 0 Å². The summed E-state index contributed by atoms with van der Waals surface area (Å²) >= 11 is 3.26. The summed E-state index contributed by atoms with van der Waals surface area (Å²) in [4.78, 5) is 0. The summed E-state index contributed by atoms with van der Waals surface area (Å²) in [6.45, 7) is 0.517. The van der Waals surface area contributed by atoms with E-state index in [0.717, 1.165) is 10.0 Å². The number of halogens is 1. The van der Waals surface area contributed by atoms with Gasteiger partial charge in [-0.05, 0) is 30.7 Å². The number of hydrogen-bond donors (Lipinski definition) is 3. The van der Waals surface area contributed by atoms with E-state index >= 15 is 0 Å². The van der Waals surface area contributed by atoms with E-state index in [4.69, 9.17) is 15.9 Å². The van der Waals surface area contributed by atoms with Gasteiger partial charge in [0.15, 0.2) is 11.5 Å². The molecule has 0 saturated carbocycles. The van der Waals surface area contributed by atoms with Crippen molar-refractivity contribution in [1.29, 1.82) is 0 Å². The van der Waals surface area contributed by atoms with E-state index in [1.807, 2.05) is 0 Å². The second kappa shape index (κ2) is 3.78. The quantitative estimate of drug-likeness (QED) is 0.674. The second-order valence-corrected chi connectivity index (χ2v) is 3.33. The van der Waals surface area contributed by atoms with Gasteiger partial charge in [-0.1, -0.05) is 15.9 Å². The first-order valence-electron chi connectivity index (χ1n) is 3.55. The summed E-state index contributed by atoms with van der Waals surface area (Å²) in [6.07, 6.45) is 0.675. The molecule has 0 spiro atoms. The first-order valence-corrected chi connectivity index (χ1v) is 4.35. The van der Waals surface area contributed by atoms with Crippen molar-refractivity contribution in [3.8, 4) is 11.5 Å². The predicted molar refractivity (Wildman–Crippen MR) is 50.2 cm³/mol. The molecule has 0 saturated heterocycles. The topological polar surface area (TPSA) is 66.5 Å². The summed E-state index contributed by atoms with van der Waals surface area (Å²) in [5.74, 6) is -0.232. The minimum atomic E-state index is -0.123. The van der Waals surface area contributed by atoms with Crippen LogP contribution in [0.1, 0.15) is 5.56 Å². The summed E-state index contributed by atoms with van der Waals surface area (Å²) in [7, 11) is 0. The highest BCUT2D eigenvalue weighted by atomic mass is 79.9. The Labute approximate surface area is 79.0 Å². The Morgan fingerprint density at radius 2 is 1.83 bits per heavy atom. The molecule has 1 aromatic carbocycles. The van der Waals surface area contributed by atoms with Crippen LogP contribution in [-0.2, 0) is 6.42 Å². The summed E-state index contributed by atoms with van der Waals surface area (Å²) in [5, 5.41) is 18.2. The smallest absolute Gasteiger partial charge is 0.158 e. The Balaban J connectivity index is 3.05. The van der Waals surface area contributed by atoms with Gasteiger partial charge in [0.2, 0.25) is 0 Å². The molecule has 4 N–H and O–H groups in total. The van der Waals surface area contributed by atoms with Gasteiger partial charge in [-0.15, -0.1) is 0 Å². The molecule has 12 heavy (non-hydrogen) atoms. The molecule has 0 aromatic heterocycles. The van der Waals surface area contributed by atoms with E-state index in [1.165, 1.54) is 12.1 Å². The van der Waals surface area contributed by atoms with E-state index in [2.05, 4.69) is 15.9 Å². The molecular weight excluding hydrogens is 222 g/mol. The van der Waals surface area contributed by atoms with E-state index in [0.29, 0.717) is 13.0 Å². The minimum absolute atomic E-state index is 0.110. The van der Waals surface area contributed by atoms with Gasteiger partial charge in [0.25, 0.3) is 0 Å². The summed E-state index contributed by atoms with van der Waals surface area (Å²) < 4.78 is 0.767.